The summed E-state index contributed by atoms with van der Waals surface area (Å²) in [4.78, 5) is 23.7. The molecule has 0 radical (unpaired) electrons. The summed E-state index contributed by atoms with van der Waals surface area (Å²) in [5, 5.41) is 0. The molecule has 0 N–H and O–H groups in total. The summed E-state index contributed by atoms with van der Waals surface area (Å²) in [6.07, 6.45) is 4.24. The van der Waals surface area contributed by atoms with Crippen LogP contribution in [0.15, 0.2) is 60.4 Å². The Bertz CT molecular complexity index is 760. The molecule has 28 heavy (non-hydrogen) atoms. The Morgan fingerprint density at radius 1 is 0.964 bits per heavy atom. The van der Waals surface area contributed by atoms with Crippen molar-refractivity contribution in [3.8, 4) is 5.75 Å². The quantitative estimate of drug-likeness (QED) is 0.366. The predicted octanol–water partition coefficient (Wildman–Crippen LogP) is 3.69. The van der Waals surface area contributed by atoms with E-state index in [4.69, 9.17) is 18.9 Å². The maximum Gasteiger partial charge on any atom is 0.341 e. The number of rotatable bonds is 9. The second kappa shape index (κ2) is 10.6. The third-order valence-corrected chi connectivity index (χ3v) is 4.37. The van der Waals surface area contributed by atoms with Gasteiger partial charge in [0.05, 0.1) is 24.4 Å². The van der Waals surface area contributed by atoms with Gasteiger partial charge < -0.3 is 18.9 Å². The molecule has 1 aromatic carbocycles. The topological polar surface area (TPSA) is 71.1 Å². The van der Waals surface area contributed by atoms with E-state index in [2.05, 4.69) is 13.2 Å². The van der Waals surface area contributed by atoms with E-state index in [1.807, 2.05) is 18.2 Å². The summed E-state index contributed by atoms with van der Waals surface area (Å²) in [6, 6.07) is 7.41. The van der Waals surface area contributed by atoms with E-state index in [-0.39, 0.29) is 18.8 Å². The zero-order valence-corrected chi connectivity index (χ0v) is 16.4. The zero-order chi connectivity index (χ0) is 20.5. The molecule has 0 amide bonds. The van der Waals surface area contributed by atoms with Crippen molar-refractivity contribution in [3.05, 3.63) is 66.0 Å². The number of methoxy groups -OCH3 is 2. The van der Waals surface area contributed by atoms with Gasteiger partial charge in [-0.1, -0.05) is 25.3 Å². The summed E-state index contributed by atoms with van der Waals surface area (Å²) in [5.74, 6) is 0.492. The van der Waals surface area contributed by atoms with Gasteiger partial charge in [-0.25, -0.2) is 9.59 Å². The van der Waals surface area contributed by atoms with Crippen LogP contribution in [0.5, 0.6) is 5.75 Å². The average molecular weight is 386 g/mol. The van der Waals surface area contributed by atoms with Crippen molar-refractivity contribution in [2.45, 2.75) is 25.2 Å². The van der Waals surface area contributed by atoms with Crippen LogP contribution in [0, 0.1) is 0 Å². The lowest BCUT2D eigenvalue weighted by Gasteiger charge is -2.22. The van der Waals surface area contributed by atoms with Crippen molar-refractivity contribution >= 4 is 11.9 Å². The summed E-state index contributed by atoms with van der Waals surface area (Å²) in [7, 11) is 3.00. The Kier molecular flexibility index (Phi) is 8.17. The van der Waals surface area contributed by atoms with E-state index in [1.54, 1.807) is 12.1 Å². The Morgan fingerprint density at radius 3 is 2.04 bits per heavy atom. The van der Waals surface area contributed by atoms with Crippen LogP contribution in [0.25, 0.3) is 0 Å². The van der Waals surface area contributed by atoms with Gasteiger partial charge in [-0.2, -0.15) is 0 Å². The Balaban J connectivity index is 1.89. The summed E-state index contributed by atoms with van der Waals surface area (Å²) < 4.78 is 20.4. The van der Waals surface area contributed by atoms with Gasteiger partial charge in [-0.05, 0) is 42.5 Å². The highest BCUT2D eigenvalue weighted by Gasteiger charge is 2.20. The number of benzene rings is 1. The molecular formula is C22H26O6. The first-order valence-corrected chi connectivity index (χ1v) is 9.01. The molecule has 150 valence electrons. The largest absolute Gasteiger partial charge is 0.428 e. The van der Waals surface area contributed by atoms with Gasteiger partial charge in [0.1, 0.15) is 11.5 Å². The van der Waals surface area contributed by atoms with Gasteiger partial charge in [-0.3, -0.25) is 0 Å². The zero-order valence-electron chi connectivity index (χ0n) is 16.4. The number of hydrogen-bond donors (Lipinski definition) is 0. The minimum Gasteiger partial charge on any atom is -0.428 e. The van der Waals surface area contributed by atoms with Crippen molar-refractivity contribution in [1.82, 2.24) is 0 Å². The lowest BCUT2D eigenvalue weighted by atomic mass is 9.87. The van der Waals surface area contributed by atoms with Crippen LogP contribution < -0.4 is 4.74 Å². The molecule has 6 heteroatoms. The van der Waals surface area contributed by atoms with Crippen molar-refractivity contribution in [1.29, 1.82) is 0 Å². The molecule has 1 atom stereocenters. The molecule has 1 aliphatic carbocycles. The maximum atomic E-state index is 11.9. The van der Waals surface area contributed by atoms with E-state index in [1.165, 1.54) is 14.2 Å². The highest BCUT2D eigenvalue weighted by molar-refractivity contribution is 5.89. The molecule has 0 saturated heterocycles. The molecule has 0 aromatic heterocycles. The monoisotopic (exact) mass is 386 g/mol. The number of esters is 2. The number of hydrogen-bond acceptors (Lipinski definition) is 6. The first-order valence-electron chi connectivity index (χ1n) is 9.01. The predicted molar refractivity (Wildman–Crippen MR) is 105 cm³/mol. The lowest BCUT2D eigenvalue weighted by Crippen LogP contribution is -2.14. The molecular weight excluding hydrogens is 360 g/mol. The molecule has 0 heterocycles. The molecule has 2 rings (SSSR count). The van der Waals surface area contributed by atoms with Gasteiger partial charge in [0.15, 0.2) is 0 Å². The van der Waals surface area contributed by atoms with Crippen LogP contribution in [0.1, 0.15) is 30.7 Å². The van der Waals surface area contributed by atoms with E-state index in [0.29, 0.717) is 29.4 Å². The van der Waals surface area contributed by atoms with Gasteiger partial charge >= 0.3 is 11.9 Å². The fraction of sp³-hybridized carbons (Fsp3) is 0.364. The SMILES string of the molecule is C=C(COC)C(=O)OC1=CCC(c2ccc(OC(=O)C(=C)COC)cc2)CC1. The van der Waals surface area contributed by atoms with Crippen LogP contribution in [0.3, 0.4) is 0 Å². The number of allylic oxidation sites excluding steroid dienone is 2. The second-order valence-corrected chi connectivity index (χ2v) is 6.56. The van der Waals surface area contributed by atoms with Crippen LogP contribution >= 0.6 is 0 Å². The van der Waals surface area contributed by atoms with E-state index in [0.717, 1.165) is 18.4 Å². The molecule has 0 fully saturated rings. The van der Waals surface area contributed by atoms with Crippen LogP contribution in [-0.4, -0.2) is 39.4 Å². The normalized spacial score (nSPS) is 16.1. The van der Waals surface area contributed by atoms with Crippen LogP contribution in [0.4, 0.5) is 0 Å². The van der Waals surface area contributed by atoms with E-state index in [9.17, 15) is 9.59 Å². The number of carbonyl (C=O) groups is 2. The Morgan fingerprint density at radius 2 is 1.54 bits per heavy atom. The van der Waals surface area contributed by atoms with Crippen molar-refractivity contribution in [2.24, 2.45) is 0 Å². The van der Waals surface area contributed by atoms with Gasteiger partial charge in [-0.15, -0.1) is 0 Å². The smallest absolute Gasteiger partial charge is 0.341 e. The first kappa shape index (κ1) is 21.6. The van der Waals surface area contributed by atoms with Crippen LogP contribution in [0.2, 0.25) is 0 Å². The molecule has 0 saturated carbocycles. The van der Waals surface area contributed by atoms with Gasteiger partial charge in [0.2, 0.25) is 0 Å². The Hall–Kier alpha value is -2.70. The minimum absolute atomic E-state index is 0.136. The van der Waals surface area contributed by atoms with E-state index < -0.39 is 11.9 Å². The Labute approximate surface area is 165 Å². The third-order valence-electron chi connectivity index (χ3n) is 4.37. The molecule has 0 bridgehead atoms. The van der Waals surface area contributed by atoms with Crippen molar-refractivity contribution in [2.75, 3.05) is 27.4 Å². The standard InChI is InChI=1S/C22H26O6/c1-15(13-25-3)21(23)27-19-9-5-17(6-10-19)18-7-11-20(12-8-18)28-22(24)16(2)14-26-4/h5-6,9-11,18H,1-2,7-8,12-14H2,3-4H3. The fourth-order valence-corrected chi connectivity index (χ4v) is 2.85. The van der Waals surface area contributed by atoms with Crippen molar-refractivity contribution < 1.29 is 28.5 Å². The molecule has 0 spiro atoms. The summed E-state index contributed by atoms with van der Waals surface area (Å²) in [6.45, 7) is 7.57. The first-order chi connectivity index (χ1) is 13.4. The second-order valence-electron chi connectivity index (χ2n) is 6.56. The molecule has 1 aliphatic rings. The molecule has 1 unspecified atom stereocenters. The number of carbonyl (C=O) groups excluding carboxylic acids is 2. The lowest BCUT2D eigenvalue weighted by molar-refractivity contribution is -0.136. The maximum absolute atomic E-state index is 11.9. The van der Waals surface area contributed by atoms with Crippen molar-refractivity contribution in [3.63, 3.8) is 0 Å². The highest BCUT2D eigenvalue weighted by atomic mass is 16.5. The summed E-state index contributed by atoms with van der Waals surface area (Å²) in [5.41, 5.74) is 1.70. The molecule has 1 aromatic rings. The van der Waals surface area contributed by atoms with Crippen LogP contribution in [-0.2, 0) is 23.8 Å². The third kappa shape index (κ3) is 6.18. The summed E-state index contributed by atoms with van der Waals surface area (Å²) >= 11 is 0. The van der Waals surface area contributed by atoms with Gasteiger partial charge in [0.25, 0.3) is 0 Å². The highest BCUT2D eigenvalue weighted by Crippen LogP contribution is 2.33. The minimum atomic E-state index is -0.503. The van der Waals surface area contributed by atoms with E-state index >= 15 is 0 Å². The molecule has 0 aliphatic heterocycles. The number of ether oxygens (including phenoxy) is 4. The van der Waals surface area contributed by atoms with Gasteiger partial charge in [0, 0.05) is 20.6 Å². The molecule has 6 nitrogen and oxygen atoms in total. The average Bonchev–Trinajstić information content (AvgIpc) is 2.69. The fourth-order valence-electron chi connectivity index (χ4n) is 2.85.